The topological polar surface area (TPSA) is 98.9 Å². The molecule has 0 aliphatic carbocycles. The summed E-state index contributed by atoms with van der Waals surface area (Å²) in [6.07, 6.45) is 3.63. The smallest absolute Gasteiger partial charge is 0.147 e. The van der Waals surface area contributed by atoms with E-state index in [0.29, 0.717) is 0 Å². The Balaban J connectivity index is 0.000000157. The Morgan fingerprint density at radius 1 is 0.714 bits per heavy atom. The maximum atomic E-state index is 3.96. The molecule has 114 valence electrons. The predicted molar refractivity (Wildman–Crippen MR) is 82.0 cm³/mol. The van der Waals surface area contributed by atoms with Gasteiger partial charge in [-0.15, -0.1) is 0 Å². The van der Waals surface area contributed by atoms with Gasteiger partial charge in [-0.1, -0.05) is 0 Å². The van der Waals surface area contributed by atoms with E-state index in [-0.39, 0.29) is 0 Å². The number of aryl methyl sites for hydroxylation is 6. The molecule has 0 spiro atoms. The largest absolute Gasteiger partial charge is 0.346 e. The van der Waals surface area contributed by atoms with Crippen LogP contribution < -0.4 is 0 Å². The Kier molecular flexibility index (Phi) is 6.32. The molecule has 0 aliphatic heterocycles. The average molecular weight is 289 g/mol. The summed E-state index contributed by atoms with van der Waals surface area (Å²) < 4.78 is 0. The van der Waals surface area contributed by atoms with E-state index >= 15 is 0 Å². The first kappa shape index (κ1) is 16.6. The van der Waals surface area contributed by atoms with Crippen LogP contribution in [-0.4, -0.2) is 35.1 Å². The third kappa shape index (κ3) is 7.05. The zero-order chi connectivity index (χ0) is 15.8. The fraction of sp³-hybridized carbons (Fsp3) is 0.429. The van der Waals surface area contributed by atoms with Gasteiger partial charge in [0, 0.05) is 23.8 Å². The lowest BCUT2D eigenvalue weighted by atomic mass is 10.6. The van der Waals surface area contributed by atoms with Crippen molar-refractivity contribution in [1.29, 1.82) is 0 Å². The molecule has 0 fully saturated rings. The molecule has 0 radical (unpaired) electrons. The highest BCUT2D eigenvalue weighted by molar-refractivity contribution is 4.96. The molecule has 7 nitrogen and oxygen atoms in total. The zero-order valence-electron chi connectivity index (χ0n) is 13.4. The highest BCUT2D eigenvalue weighted by atomic mass is 15.2. The van der Waals surface area contributed by atoms with Crippen LogP contribution in [0.5, 0.6) is 0 Å². The number of nitrogens with zero attached hydrogens (tertiary/aromatic N) is 4. The quantitative estimate of drug-likeness (QED) is 0.592. The Bertz CT molecular complexity index is 507. The molecule has 0 saturated carbocycles. The van der Waals surface area contributed by atoms with Crippen molar-refractivity contribution in [2.75, 3.05) is 0 Å². The first-order valence-electron chi connectivity index (χ1n) is 6.69. The second-order valence-corrected chi connectivity index (χ2v) is 4.77. The zero-order valence-corrected chi connectivity index (χ0v) is 13.4. The van der Waals surface area contributed by atoms with Crippen LogP contribution in [0.3, 0.4) is 0 Å². The summed E-state index contributed by atoms with van der Waals surface area (Å²) in [5, 5.41) is 6.49. The highest BCUT2D eigenvalue weighted by Crippen LogP contribution is 1.90. The molecule has 3 aromatic heterocycles. The SMILES string of the molecule is Cc1cnc(C)[nH]1.Cc1cnc(C)[nH]1.Cc1n[nH]c(C)n1. The number of aromatic amines is 3. The Hall–Kier alpha value is -2.44. The van der Waals surface area contributed by atoms with E-state index in [1.54, 1.807) is 0 Å². The molecule has 0 atom stereocenters. The molecule has 3 N–H and O–H groups in total. The maximum Gasteiger partial charge on any atom is 0.147 e. The van der Waals surface area contributed by atoms with Gasteiger partial charge < -0.3 is 9.97 Å². The van der Waals surface area contributed by atoms with E-state index < -0.39 is 0 Å². The average Bonchev–Trinajstić information content (AvgIpc) is 3.06. The maximum absolute atomic E-state index is 3.96. The predicted octanol–water partition coefficient (Wildman–Crippen LogP) is 2.47. The molecule has 0 aromatic carbocycles. The second-order valence-electron chi connectivity index (χ2n) is 4.77. The van der Waals surface area contributed by atoms with Gasteiger partial charge in [0.15, 0.2) is 0 Å². The third-order valence-electron chi connectivity index (χ3n) is 2.37. The van der Waals surface area contributed by atoms with E-state index in [2.05, 4.69) is 35.1 Å². The van der Waals surface area contributed by atoms with E-state index in [1.165, 1.54) is 0 Å². The van der Waals surface area contributed by atoms with Gasteiger partial charge in [0.2, 0.25) is 0 Å². The third-order valence-corrected chi connectivity index (χ3v) is 2.37. The molecule has 0 saturated heterocycles. The number of hydrogen-bond acceptors (Lipinski definition) is 4. The van der Waals surface area contributed by atoms with E-state index in [4.69, 9.17) is 0 Å². The number of imidazole rings is 2. The minimum absolute atomic E-state index is 0.803. The lowest BCUT2D eigenvalue weighted by Crippen LogP contribution is -1.70. The molecular formula is C14H23N7. The van der Waals surface area contributed by atoms with E-state index in [0.717, 1.165) is 34.7 Å². The van der Waals surface area contributed by atoms with Gasteiger partial charge in [-0.2, -0.15) is 5.10 Å². The number of rotatable bonds is 0. The van der Waals surface area contributed by atoms with Gasteiger partial charge in [-0.25, -0.2) is 15.0 Å². The van der Waals surface area contributed by atoms with Gasteiger partial charge in [0.05, 0.1) is 0 Å². The molecule has 7 heteroatoms. The normalized spacial score (nSPS) is 9.43. The van der Waals surface area contributed by atoms with E-state index in [1.807, 2.05) is 53.9 Å². The van der Waals surface area contributed by atoms with Crippen molar-refractivity contribution >= 4 is 0 Å². The second kappa shape index (κ2) is 7.98. The van der Waals surface area contributed by atoms with Gasteiger partial charge in [-0.05, 0) is 41.5 Å². The summed E-state index contributed by atoms with van der Waals surface area (Å²) in [5.41, 5.74) is 2.25. The van der Waals surface area contributed by atoms with Crippen LogP contribution in [0.15, 0.2) is 12.4 Å². The molecule has 0 amide bonds. The van der Waals surface area contributed by atoms with Crippen molar-refractivity contribution in [3.8, 4) is 0 Å². The van der Waals surface area contributed by atoms with Crippen molar-refractivity contribution in [3.63, 3.8) is 0 Å². The van der Waals surface area contributed by atoms with Crippen LogP contribution in [0, 0.1) is 41.5 Å². The van der Waals surface area contributed by atoms with Gasteiger partial charge in [0.25, 0.3) is 0 Å². The number of aromatic nitrogens is 7. The Morgan fingerprint density at radius 3 is 1.29 bits per heavy atom. The highest BCUT2D eigenvalue weighted by Gasteiger charge is 1.86. The van der Waals surface area contributed by atoms with Crippen LogP contribution in [0.25, 0.3) is 0 Å². The Morgan fingerprint density at radius 2 is 1.19 bits per heavy atom. The summed E-state index contributed by atoms with van der Waals surface area (Å²) in [4.78, 5) is 17.9. The van der Waals surface area contributed by atoms with Crippen LogP contribution in [-0.2, 0) is 0 Å². The molecular weight excluding hydrogens is 266 g/mol. The van der Waals surface area contributed by atoms with Crippen LogP contribution in [0.1, 0.15) is 34.7 Å². The van der Waals surface area contributed by atoms with Crippen LogP contribution in [0.4, 0.5) is 0 Å². The summed E-state index contributed by atoms with van der Waals surface area (Å²) >= 11 is 0. The molecule has 0 bridgehead atoms. The van der Waals surface area contributed by atoms with Crippen molar-refractivity contribution in [2.45, 2.75) is 41.5 Å². The summed E-state index contributed by atoms with van der Waals surface area (Å²) in [7, 11) is 0. The number of nitrogens with one attached hydrogen (secondary N) is 3. The van der Waals surface area contributed by atoms with Crippen molar-refractivity contribution in [1.82, 2.24) is 35.1 Å². The van der Waals surface area contributed by atoms with Gasteiger partial charge >= 0.3 is 0 Å². The fourth-order valence-corrected chi connectivity index (χ4v) is 1.54. The van der Waals surface area contributed by atoms with Gasteiger partial charge in [0.1, 0.15) is 23.3 Å². The number of H-pyrrole nitrogens is 3. The molecule has 3 aromatic rings. The minimum atomic E-state index is 0.803. The summed E-state index contributed by atoms with van der Waals surface area (Å²) in [6.45, 7) is 11.6. The molecule has 3 rings (SSSR count). The monoisotopic (exact) mass is 289 g/mol. The van der Waals surface area contributed by atoms with Crippen molar-refractivity contribution < 1.29 is 0 Å². The lowest BCUT2D eigenvalue weighted by molar-refractivity contribution is 1.02. The van der Waals surface area contributed by atoms with Crippen molar-refractivity contribution in [3.05, 3.63) is 47.1 Å². The van der Waals surface area contributed by atoms with Gasteiger partial charge in [-0.3, -0.25) is 5.10 Å². The van der Waals surface area contributed by atoms with Crippen molar-refractivity contribution in [2.24, 2.45) is 0 Å². The van der Waals surface area contributed by atoms with Crippen LogP contribution in [0.2, 0.25) is 0 Å². The fourth-order valence-electron chi connectivity index (χ4n) is 1.54. The molecule has 0 aliphatic rings. The standard InChI is InChI=1S/2C5H8N2.C4H7N3/c2*1-4-3-6-5(2)7-4;1-3-5-4(2)7-6-3/h2*3H,1-2H3,(H,6,7);1-2H3,(H,5,6,7). The molecule has 3 heterocycles. The minimum Gasteiger partial charge on any atom is -0.346 e. The first-order chi connectivity index (χ1) is 9.86. The first-order valence-corrected chi connectivity index (χ1v) is 6.69. The van der Waals surface area contributed by atoms with Crippen LogP contribution >= 0.6 is 0 Å². The summed E-state index contributed by atoms with van der Waals surface area (Å²) in [6, 6.07) is 0. The summed E-state index contributed by atoms with van der Waals surface area (Å²) in [5.74, 6) is 3.64. The lowest BCUT2D eigenvalue weighted by Gasteiger charge is -1.74. The molecule has 21 heavy (non-hydrogen) atoms. The number of hydrogen-bond donors (Lipinski definition) is 3. The Labute approximate surface area is 124 Å². The van der Waals surface area contributed by atoms with E-state index in [9.17, 15) is 0 Å². The molecule has 0 unspecified atom stereocenters.